The van der Waals surface area contributed by atoms with E-state index in [1.165, 1.54) is 11.2 Å². The van der Waals surface area contributed by atoms with Gasteiger partial charge in [0, 0.05) is 35.8 Å². The van der Waals surface area contributed by atoms with Crippen LogP contribution in [0.5, 0.6) is 0 Å². The number of carboxylic acids is 1. The van der Waals surface area contributed by atoms with Gasteiger partial charge in [-0.15, -0.1) is 0 Å². The van der Waals surface area contributed by atoms with Crippen LogP contribution in [0.15, 0.2) is 0 Å². The Morgan fingerprint density at radius 2 is 2.35 bits per heavy atom. The average molecular weight is 279 g/mol. The first kappa shape index (κ1) is 14.5. The minimum absolute atomic E-state index is 0.125. The van der Waals surface area contributed by atoms with Crippen LogP contribution in [0.25, 0.3) is 0 Å². The van der Waals surface area contributed by atoms with Crippen LogP contribution >= 0.6 is 12.6 Å². The van der Waals surface area contributed by atoms with E-state index in [1.54, 1.807) is 0 Å². The summed E-state index contributed by atoms with van der Waals surface area (Å²) in [5.41, 5.74) is 0. The molecule has 0 bridgehead atoms. The van der Waals surface area contributed by atoms with Crippen molar-refractivity contribution in [1.82, 2.24) is 4.90 Å². The molecule has 1 aliphatic rings. The molecule has 0 saturated carbocycles. The molecule has 0 aromatic rings. The first-order valence-electron chi connectivity index (χ1n) is 5.38. The fraction of sp³-hybridized carbons (Fsp3) is 0.800. The average Bonchev–Trinajstić information content (AvgIpc) is 2.59. The van der Waals surface area contributed by atoms with Gasteiger partial charge < -0.3 is 10.0 Å². The number of hydrogen-bond acceptors (Lipinski definition) is 4. The van der Waals surface area contributed by atoms with Gasteiger partial charge in [0.2, 0.25) is 5.91 Å². The van der Waals surface area contributed by atoms with E-state index >= 15 is 0 Å². The zero-order valence-electron chi connectivity index (χ0n) is 9.66. The highest BCUT2D eigenvalue weighted by Gasteiger charge is 2.36. The number of amides is 1. The second kappa shape index (κ2) is 6.39. The van der Waals surface area contributed by atoms with Crippen LogP contribution < -0.4 is 0 Å². The Hall–Kier alpha value is -0.560. The third-order valence-electron chi connectivity index (χ3n) is 2.84. The van der Waals surface area contributed by atoms with Crippen LogP contribution in [0.1, 0.15) is 12.8 Å². The van der Waals surface area contributed by atoms with Gasteiger partial charge in [0.15, 0.2) is 0 Å². The Morgan fingerprint density at radius 1 is 1.71 bits per heavy atom. The number of nitrogens with zero attached hydrogens (tertiary/aromatic N) is 1. The Labute approximate surface area is 108 Å². The number of hydrogen-bond donors (Lipinski definition) is 2. The van der Waals surface area contributed by atoms with Crippen molar-refractivity contribution in [3.8, 4) is 0 Å². The van der Waals surface area contributed by atoms with Gasteiger partial charge in [-0.3, -0.25) is 9.00 Å². The highest BCUT2D eigenvalue weighted by Crippen LogP contribution is 2.22. The first-order valence-corrected chi connectivity index (χ1v) is 7.74. The van der Waals surface area contributed by atoms with Crippen molar-refractivity contribution in [2.75, 3.05) is 24.3 Å². The number of carbonyl (C=O) groups is 2. The summed E-state index contributed by atoms with van der Waals surface area (Å²) in [6.07, 6.45) is 2.13. The summed E-state index contributed by atoms with van der Waals surface area (Å²) in [6, 6.07) is -0.851. The molecule has 1 heterocycles. The van der Waals surface area contributed by atoms with Gasteiger partial charge in [-0.1, -0.05) is 0 Å². The molecule has 0 radical (unpaired) electrons. The molecule has 1 amide bonds. The number of thiol groups is 1. The molecule has 1 N–H and O–H groups in total. The third kappa shape index (κ3) is 3.99. The molecule has 1 saturated heterocycles. The Kier molecular flexibility index (Phi) is 5.45. The first-order chi connectivity index (χ1) is 7.95. The molecule has 1 rings (SSSR count). The van der Waals surface area contributed by atoms with Gasteiger partial charge in [-0.05, 0) is 18.1 Å². The fourth-order valence-electron chi connectivity index (χ4n) is 1.92. The van der Waals surface area contributed by atoms with E-state index in [2.05, 4.69) is 12.6 Å². The maximum absolute atomic E-state index is 11.7. The van der Waals surface area contributed by atoms with Crippen molar-refractivity contribution in [3.63, 3.8) is 0 Å². The van der Waals surface area contributed by atoms with Crippen LogP contribution in [0.4, 0.5) is 0 Å². The van der Waals surface area contributed by atoms with E-state index in [1.807, 2.05) is 0 Å². The summed E-state index contributed by atoms with van der Waals surface area (Å²) >= 11 is 4.13. The van der Waals surface area contributed by atoms with Gasteiger partial charge in [0.1, 0.15) is 6.04 Å². The summed E-state index contributed by atoms with van der Waals surface area (Å²) in [5.74, 6) is -0.164. The van der Waals surface area contributed by atoms with Crippen LogP contribution in [0, 0.1) is 5.92 Å². The molecule has 7 heteroatoms. The van der Waals surface area contributed by atoms with E-state index in [4.69, 9.17) is 5.11 Å². The topological polar surface area (TPSA) is 74.7 Å². The molecule has 98 valence electrons. The molecule has 1 fully saturated rings. The van der Waals surface area contributed by atoms with E-state index in [9.17, 15) is 13.8 Å². The van der Waals surface area contributed by atoms with E-state index in [-0.39, 0.29) is 18.2 Å². The Bertz CT molecular complexity index is 334. The quantitative estimate of drug-likeness (QED) is 0.671. The van der Waals surface area contributed by atoms with Crippen molar-refractivity contribution in [3.05, 3.63) is 0 Å². The number of carboxylic acid groups (broad SMARTS) is 1. The van der Waals surface area contributed by atoms with Gasteiger partial charge >= 0.3 is 5.97 Å². The van der Waals surface area contributed by atoms with Gasteiger partial charge in [-0.25, -0.2) is 4.79 Å². The third-order valence-corrected chi connectivity index (χ3v) is 4.16. The molecular formula is C10H17NO4S2. The maximum atomic E-state index is 11.7. The number of rotatable bonds is 6. The lowest BCUT2D eigenvalue weighted by molar-refractivity contribution is -0.148. The molecule has 3 atom stereocenters. The SMILES string of the molecule is CS(=O)CC[C@@H](C(=O)O)N1CC(CS)CC1=O. The molecule has 5 nitrogen and oxygen atoms in total. The molecular weight excluding hydrogens is 262 g/mol. The smallest absolute Gasteiger partial charge is 0.326 e. The van der Waals surface area contributed by atoms with Crippen molar-refractivity contribution in [2.45, 2.75) is 18.9 Å². The summed E-state index contributed by atoms with van der Waals surface area (Å²) in [7, 11) is -1.04. The minimum atomic E-state index is -1.04. The largest absolute Gasteiger partial charge is 0.480 e. The fourth-order valence-corrected chi connectivity index (χ4v) is 2.72. The Balaban J connectivity index is 2.67. The van der Waals surface area contributed by atoms with Crippen LogP contribution in [-0.4, -0.2) is 56.4 Å². The molecule has 17 heavy (non-hydrogen) atoms. The molecule has 0 aliphatic carbocycles. The Morgan fingerprint density at radius 3 is 2.76 bits per heavy atom. The predicted molar refractivity (Wildman–Crippen MR) is 68.6 cm³/mol. The maximum Gasteiger partial charge on any atom is 0.326 e. The number of likely N-dealkylation sites (tertiary alicyclic amines) is 1. The lowest BCUT2D eigenvalue weighted by atomic mass is 10.1. The number of carbonyl (C=O) groups excluding carboxylic acids is 1. The lowest BCUT2D eigenvalue weighted by Crippen LogP contribution is -2.43. The normalized spacial score (nSPS) is 23.8. The standard InChI is InChI=1S/C10H17NO4S2/c1-17(15)3-2-8(10(13)14)11-5-7(6-16)4-9(11)12/h7-8,16H,2-6H2,1H3,(H,13,14)/t7?,8-,17?/m0/s1. The van der Waals surface area contributed by atoms with Crippen LogP contribution in [-0.2, 0) is 20.4 Å². The van der Waals surface area contributed by atoms with Gasteiger partial charge in [0.05, 0.1) is 0 Å². The second-order valence-electron chi connectivity index (χ2n) is 4.22. The lowest BCUT2D eigenvalue weighted by Gasteiger charge is -2.24. The molecule has 0 spiro atoms. The molecule has 0 aromatic heterocycles. The minimum Gasteiger partial charge on any atom is -0.480 e. The van der Waals surface area contributed by atoms with Crippen molar-refractivity contribution < 1.29 is 18.9 Å². The highest BCUT2D eigenvalue weighted by molar-refractivity contribution is 7.84. The van der Waals surface area contributed by atoms with Crippen LogP contribution in [0.2, 0.25) is 0 Å². The highest BCUT2D eigenvalue weighted by atomic mass is 32.2. The predicted octanol–water partition coefficient (Wildman–Crippen LogP) is -0.0135. The zero-order chi connectivity index (χ0) is 13.0. The zero-order valence-corrected chi connectivity index (χ0v) is 11.4. The summed E-state index contributed by atoms with van der Waals surface area (Å²) in [6.45, 7) is 0.440. The van der Waals surface area contributed by atoms with Crippen molar-refractivity contribution >= 4 is 35.3 Å². The van der Waals surface area contributed by atoms with Gasteiger partial charge in [-0.2, -0.15) is 12.6 Å². The number of aliphatic carboxylic acids is 1. The second-order valence-corrected chi connectivity index (χ2v) is 6.14. The summed E-state index contributed by atoms with van der Waals surface area (Å²) in [5, 5.41) is 9.11. The van der Waals surface area contributed by atoms with Crippen molar-refractivity contribution in [2.24, 2.45) is 5.92 Å². The molecule has 0 aromatic carbocycles. The molecule has 1 aliphatic heterocycles. The summed E-state index contributed by atoms with van der Waals surface area (Å²) < 4.78 is 11.0. The van der Waals surface area contributed by atoms with E-state index < -0.39 is 22.8 Å². The molecule has 2 unspecified atom stereocenters. The van der Waals surface area contributed by atoms with Crippen LogP contribution in [0.3, 0.4) is 0 Å². The monoisotopic (exact) mass is 279 g/mol. The van der Waals surface area contributed by atoms with E-state index in [0.29, 0.717) is 24.5 Å². The van der Waals surface area contributed by atoms with Crippen molar-refractivity contribution in [1.29, 1.82) is 0 Å². The summed E-state index contributed by atoms with van der Waals surface area (Å²) in [4.78, 5) is 24.2. The van der Waals surface area contributed by atoms with E-state index in [0.717, 1.165) is 0 Å². The van der Waals surface area contributed by atoms with Gasteiger partial charge in [0.25, 0.3) is 0 Å².